The second-order valence-corrected chi connectivity index (χ2v) is 6.83. The number of fused-ring (bicyclic) bond motifs is 1. The van der Waals surface area contributed by atoms with E-state index in [0.29, 0.717) is 0 Å². The smallest absolute Gasteiger partial charge is 0.00682 e. The highest BCUT2D eigenvalue weighted by molar-refractivity contribution is 4.83. The lowest BCUT2D eigenvalue weighted by atomic mass is 9.75. The Morgan fingerprint density at radius 2 is 1.72 bits per heavy atom. The average Bonchev–Trinajstić information content (AvgIpc) is 3.22. The number of nitrogens with zero attached hydrogens (tertiary/aromatic N) is 1. The van der Waals surface area contributed by atoms with Gasteiger partial charge in [-0.25, -0.2) is 0 Å². The van der Waals surface area contributed by atoms with Crippen molar-refractivity contribution < 1.29 is 0 Å². The Kier molecular flexibility index (Phi) is 4.58. The molecule has 2 atom stereocenters. The number of unbranched alkanes of at least 4 members (excludes halogenated alkanes) is 1. The summed E-state index contributed by atoms with van der Waals surface area (Å²) in [6.45, 7) is 5.41. The quantitative estimate of drug-likeness (QED) is 0.729. The van der Waals surface area contributed by atoms with Crippen LogP contribution in [0.1, 0.15) is 57.8 Å². The molecular weight excluding hydrogens is 220 g/mol. The summed E-state index contributed by atoms with van der Waals surface area (Å²) < 4.78 is 0. The van der Waals surface area contributed by atoms with Gasteiger partial charge >= 0.3 is 0 Å². The number of rotatable bonds is 6. The normalized spacial score (nSPS) is 33.3. The van der Waals surface area contributed by atoms with Crippen LogP contribution in [0.5, 0.6) is 0 Å². The minimum Gasteiger partial charge on any atom is -0.314 e. The Hall–Kier alpha value is -0.0800. The average molecular weight is 250 g/mol. The summed E-state index contributed by atoms with van der Waals surface area (Å²) >= 11 is 0. The van der Waals surface area contributed by atoms with E-state index in [1.165, 1.54) is 84.0 Å². The Morgan fingerprint density at radius 1 is 0.889 bits per heavy atom. The second-order valence-electron chi connectivity index (χ2n) is 6.83. The van der Waals surface area contributed by atoms with Crippen molar-refractivity contribution >= 4 is 0 Å². The molecule has 3 aliphatic rings. The van der Waals surface area contributed by atoms with Crippen molar-refractivity contribution in [3.05, 3.63) is 0 Å². The van der Waals surface area contributed by atoms with Crippen molar-refractivity contribution in [1.82, 2.24) is 10.2 Å². The molecule has 104 valence electrons. The van der Waals surface area contributed by atoms with E-state index < -0.39 is 0 Å². The maximum atomic E-state index is 3.62. The molecule has 0 aromatic heterocycles. The van der Waals surface area contributed by atoms with Gasteiger partial charge in [-0.2, -0.15) is 0 Å². The summed E-state index contributed by atoms with van der Waals surface area (Å²) in [5.41, 5.74) is 0. The number of likely N-dealkylation sites (tertiary alicyclic amines) is 1. The maximum absolute atomic E-state index is 3.62. The first kappa shape index (κ1) is 12.9. The van der Waals surface area contributed by atoms with Gasteiger partial charge in [0, 0.05) is 12.6 Å². The molecule has 3 fully saturated rings. The molecule has 0 aromatic rings. The molecule has 1 saturated heterocycles. The third-order valence-corrected chi connectivity index (χ3v) is 5.29. The molecule has 2 heteroatoms. The standard InChI is InChI=1S/C16H30N2/c1-2-6-15-13-18(12-9-14(15)5-1)11-4-3-10-17-16-7-8-16/h14-17H,1-13H2. The van der Waals surface area contributed by atoms with Crippen LogP contribution in [0, 0.1) is 11.8 Å². The minimum absolute atomic E-state index is 0.892. The second kappa shape index (κ2) is 6.38. The fraction of sp³-hybridized carbons (Fsp3) is 1.00. The molecule has 1 N–H and O–H groups in total. The lowest BCUT2D eigenvalue weighted by Gasteiger charge is -2.41. The summed E-state index contributed by atoms with van der Waals surface area (Å²) in [6, 6.07) is 0.892. The van der Waals surface area contributed by atoms with Crippen LogP contribution in [-0.2, 0) is 0 Å². The van der Waals surface area contributed by atoms with Crippen LogP contribution in [0.4, 0.5) is 0 Å². The van der Waals surface area contributed by atoms with Crippen LogP contribution in [0.2, 0.25) is 0 Å². The Morgan fingerprint density at radius 3 is 2.56 bits per heavy atom. The van der Waals surface area contributed by atoms with Gasteiger partial charge in [0.15, 0.2) is 0 Å². The van der Waals surface area contributed by atoms with Crippen molar-refractivity contribution in [3.63, 3.8) is 0 Å². The molecular formula is C16H30N2. The zero-order valence-electron chi connectivity index (χ0n) is 11.9. The molecule has 0 spiro atoms. The lowest BCUT2D eigenvalue weighted by Crippen LogP contribution is -2.42. The van der Waals surface area contributed by atoms with Crippen molar-refractivity contribution in [2.45, 2.75) is 63.8 Å². The van der Waals surface area contributed by atoms with E-state index in [9.17, 15) is 0 Å². The molecule has 0 radical (unpaired) electrons. The third kappa shape index (κ3) is 3.71. The highest BCUT2D eigenvalue weighted by atomic mass is 15.1. The first-order valence-electron chi connectivity index (χ1n) is 8.37. The van der Waals surface area contributed by atoms with E-state index in [1.807, 2.05) is 0 Å². The molecule has 0 bridgehead atoms. The third-order valence-electron chi connectivity index (χ3n) is 5.29. The predicted octanol–water partition coefficient (Wildman–Crippen LogP) is 3.03. The Bertz CT molecular complexity index is 249. The van der Waals surface area contributed by atoms with E-state index in [-0.39, 0.29) is 0 Å². The molecule has 18 heavy (non-hydrogen) atoms. The number of hydrogen-bond donors (Lipinski definition) is 1. The molecule has 0 amide bonds. The number of piperidine rings is 1. The van der Waals surface area contributed by atoms with Crippen LogP contribution in [0.15, 0.2) is 0 Å². The zero-order valence-corrected chi connectivity index (χ0v) is 11.9. The molecule has 1 heterocycles. The molecule has 2 aliphatic carbocycles. The van der Waals surface area contributed by atoms with E-state index in [4.69, 9.17) is 0 Å². The summed E-state index contributed by atoms with van der Waals surface area (Å²) in [6.07, 6.45) is 13.2. The van der Waals surface area contributed by atoms with Gasteiger partial charge < -0.3 is 10.2 Å². The van der Waals surface area contributed by atoms with E-state index in [1.54, 1.807) is 0 Å². The van der Waals surface area contributed by atoms with Crippen molar-refractivity contribution in [2.75, 3.05) is 26.2 Å². The topological polar surface area (TPSA) is 15.3 Å². The minimum atomic E-state index is 0.892. The fourth-order valence-corrected chi connectivity index (χ4v) is 3.93. The van der Waals surface area contributed by atoms with Crippen molar-refractivity contribution in [2.24, 2.45) is 11.8 Å². The van der Waals surface area contributed by atoms with Gasteiger partial charge in [-0.05, 0) is 70.0 Å². The van der Waals surface area contributed by atoms with Crippen LogP contribution in [-0.4, -0.2) is 37.1 Å². The van der Waals surface area contributed by atoms with E-state index in [2.05, 4.69) is 10.2 Å². The van der Waals surface area contributed by atoms with Gasteiger partial charge in [0.1, 0.15) is 0 Å². The summed E-state index contributed by atoms with van der Waals surface area (Å²) in [5.74, 6) is 2.14. The lowest BCUT2D eigenvalue weighted by molar-refractivity contribution is 0.0858. The van der Waals surface area contributed by atoms with Crippen LogP contribution >= 0.6 is 0 Å². The number of hydrogen-bond acceptors (Lipinski definition) is 2. The summed E-state index contributed by atoms with van der Waals surface area (Å²) in [5, 5.41) is 3.62. The monoisotopic (exact) mass is 250 g/mol. The van der Waals surface area contributed by atoms with Crippen LogP contribution < -0.4 is 5.32 Å². The fourth-order valence-electron chi connectivity index (χ4n) is 3.93. The molecule has 3 rings (SSSR count). The van der Waals surface area contributed by atoms with Gasteiger partial charge in [-0.1, -0.05) is 19.3 Å². The zero-order chi connectivity index (χ0) is 12.2. The van der Waals surface area contributed by atoms with Crippen molar-refractivity contribution in [3.8, 4) is 0 Å². The largest absolute Gasteiger partial charge is 0.314 e. The number of nitrogens with one attached hydrogen (secondary N) is 1. The Balaban J connectivity index is 1.28. The molecule has 0 aromatic carbocycles. The van der Waals surface area contributed by atoms with Gasteiger partial charge in [0.25, 0.3) is 0 Å². The van der Waals surface area contributed by atoms with Crippen molar-refractivity contribution in [1.29, 1.82) is 0 Å². The molecule has 2 nitrogen and oxygen atoms in total. The van der Waals surface area contributed by atoms with Crippen LogP contribution in [0.25, 0.3) is 0 Å². The SMILES string of the molecule is C(CCN1CCC2CCCCC2C1)CNC1CC1. The maximum Gasteiger partial charge on any atom is 0.00682 e. The van der Waals surface area contributed by atoms with E-state index in [0.717, 1.165) is 17.9 Å². The first-order chi connectivity index (χ1) is 8.92. The molecule has 2 unspecified atom stereocenters. The summed E-state index contributed by atoms with van der Waals surface area (Å²) in [7, 11) is 0. The summed E-state index contributed by atoms with van der Waals surface area (Å²) in [4.78, 5) is 2.75. The van der Waals surface area contributed by atoms with Gasteiger partial charge in [0.05, 0.1) is 0 Å². The van der Waals surface area contributed by atoms with Gasteiger partial charge in [-0.3, -0.25) is 0 Å². The van der Waals surface area contributed by atoms with E-state index >= 15 is 0 Å². The molecule has 2 saturated carbocycles. The highest BCUT2D eigenvalue weighted by Gasteiger charge is 2.30. The first-order valence-corrected chi connectivity index (χ1v) is 8.37. The Labute approximate surface area is 113 Å². The highest BCUT2D eigenvalue weighted by Crippen LogP contribution is 2.35. The van der Waals surface area contributed by atoms with Crippen LogP contribution in [0.3, 0.4) is 0 Å². The van der Waals surface area contributed by atoms with Gasteiger partial charge in [0.2, 0.25) is 0 Å². The predicted molar refractivity (Wildman–Crippen MR) is 76.8 cm³/mol. The van der Waals surface area contributed by atoms with Gasteiger partial charge in [-0.15, -0.1) is 0 Å². The molecule has 1 aliphatic heterocycles.